The number of carboxylic acid groups (broad SMARTS) is 1. The fourth-order valence-electron chi connectivity index (χ4n) is 6.20. The molecule has 3 heterocycles. The average Bonchev–Trinajstić information content (AvgIpc) is 3.32. The van der Waals surface area contributed by atoms with Gasteiger partial charge in [0.15, 0.2) is 0 Å². The lowest BCUT2D eigenvalue weighted by atomic mass is 10.0. The molecule has 0 bridgehead atoms. The second-order valence-electron chi connectivity index (χ2n) is 12.0. The molecule has 5 atom stereocenters. The monoisotopic (exact) mass is 720 g/mol. The van der Waals surface area contributed by atoms with Crippen LogP contribution in [0.3, 0.4) is 0 Å². The van der Waals surface area contributed by atoms with Crippen molar-refractivity contribution in [2.75, 3.05) is 11.9 Å². The van der Waals surface area contributed by atoms with Gasteiger partial charge in [-0.2, -0.15) is 13.2 Å². The Hall–Kier alpha value is -3.65. The SMILES string of the molecule is O=C1N[C@]2(C(=O)O)C[C@@H]2/C=C\CCCCC[C@H](Nc2cccc(C(F)(F)F)c2)C(=O)N2C[C@H](Oc3nc4ccc(Br)cc4s3)C[C@@H]12. The summed E-state index contributed by atoms with van der Waals surface area (Å²) in [7, 11) is 0. The predicted molar refractivity (Wildman–Crippen MR) is 170 cm³/mol. The second-order valence-corrected chi connectivity index (χ2v) is 13.9. The number of ether oxygens (including phenoxy) is 1. The van der Waals surface area contributed by atoms with Crippen LogP contribution in [0.2, 0.25) is 0 Å². The molecule has 3 aliphatic rings. The number of nitrogens with zero attached hydrogens (tertiary/aromatic N) is 2. The molecule has 2 amide bonds. The van der Waals surface area contributed by atoms with Gasteiger partial charge in [-0.1, -0.05) is 58.3 Å². The van der Waals surface area contributed by atoms with E-state index in [0.717, 1.165) is 39.7 Å². The maximum Gasteiger partial charge on any atom is 0.416 e. The molecule has 3 aromatic rings. The van der Waals surface area contributed by atoms with E-state index in [2.05, 4.69) is 31.5 Å². The smallest absolute Gasteiger partial charge is 0.416 e. The van der Waals surface area contributed by atoms with Gasteiger partial charge in [0, 0.05) is 22.5 Å². The Bertz CT molecular complexity index is 1680. The molecule has 2 aliphatic heterocycles. The number of nitrogens with one attached hydrogen (secondary N) is 2. The van der Waals surface area contributed by atoms with E-state index in [1.165, 1.54) is 28.4 Å². The van der Waals surface area contributed by atoms with Crippen molar-refractivity contribution in [3.05, 3.63) is 64.7 Å². The molecule has 1 saturated carbocycles. The summed E-state index contributed by atoms with van der Waals surface area (Å²) in [6, 6.07) is 8.29. The highest BCUT2D eigenvalue weighted by Gasteiger charge is 2.61. The zero-order valence-corrected chi connectivity index (χ0v) is 27.0. The van der Waals surface area contributed by atoms with Gasteiger partial charge in [0.1, 0.15) is 23.7 Å². The number of fused-ring (bicyclic) bond motifs is 3. The third-order valence-corrected chi connectivity index (χ3v) is 10.2. The molecule has 0 unspecified atom stereocenters. The van der Waals surface area contributed by atoms with Crippen molar-refractivity contribution in [2.24, 2.45) is 5.92 Å². The minimum atomic E-state index is -4.56. The molecule has 14 heteroatoms. The minimum Gasteiger partial charge on any atom is -0.479 e. The Labute approximate surface area is 275 Å². The van der Waals surface area contributed by atoms with Gasteiger partial charge in [-0.3, -0.25) is 9.59 Å². The fourth-order valence-corrected chi connectivity index (χ4v) is 7.64. The summed E-state index contributed by atoms with van der Waals surface area (Å²) in [5, 5.41) is 16.2. The van der Waals surface area contributed by atoms with Gasteiger partial charge >= 0.3 is 12.1 Å². The summed E-state index contributed by atoms with van der Waals surface area (Å²) in [6.07, 6.45) is 2.09. The highest BCUT2D eigenvalue weighted by Crippen LogP contribution is 2.45. The maximum absolute atomic E-state index is 14.2. The van der Waals surface area contributed by atoms with Gasteiger partial charge in [0.25, 0.3) is 5.19 Å². The lowest BCUT2D eigenvalue weighted by Crippen LogP contribution is -2.55. The molecule has 244 valence electrons. The first-order chi connectivity index (χ1) is 21.9. The Morgan fingerprint density at radius 1 is 1.17 bits per heavy atom. The number of benzene rings is 2. The molecule has 1 saturated heterocycles. The van der Waals surface area contributed by atoms with Crippen molar-refractivity contribution in [3.63, 3.8) is 0 Å². The van der Waals surface area contributed by atoms with Gasteiger partial charge in [-0.05, 0) is 62.1 Å². The number of carboxylic acids is 1. The third kappa shape index (κ3) is 6.87. The number of aromatic nitrogens is 1. The lowest BCUT2D eigenvalue weighted by molar-refractivity contribution is -0.145. The number of thiazole rings is 1. The first-order valence-corrected chi connectivity index (χ1v) is 16.7. The average molecular weight is 722 g/mol. The highest BCUT2D eigenvalue weighted by atomic mass is 79.9. The summed E-state index contributed by atoms with van der Waals surface area (Å²) >= 11 is 4.76. The van der Waals surface area contributed by atoms with Crippen LogP contribution < -0.4 is 15.4 Å². The van der Waals surface area contributed by atoms with Crippen molar-refractivity contribution in [3.8, 4) is 5.19 Å². The van der Waals surface area contributed by atoms with Crippen molar-refractivity contribution >= 4 is 61.0 Å². The first kappa shape index (κ1) is 32.3. The van der Waals surface area contributed by atoms with E-state index in [1.807, 2.05) is 30.4 Å². The number of anilines is 1. The molecule has 46 heavy (non-hydrogen) atoms. The minimum absolute atomic E-state index is 0.0146. The first-order valence-electron chi connectivity index (χ1n) is 15.1. The number of allylic oxidation sites excluding steroid dienone is 1. The van der Waals surface area contributed by atoms with E-state index < -0.39 is 53.2 Å². The highest BCUT2D eigenvalue weighted by molar-refractivity contribution is 9.10. The van der Waals surface area contributed by atoms with E-state index >= 15 is 0 Å². The van der Waals surface area contributed by atoms with Crippen LogP contribution >= 0.6 is 27.3 Å². The topological polar surface area (TPSA) is 121 Å². The second kappa shape index (κ2) is 12.9. The Morgan fingerprint density at radius 2 is 2.00 bits per heavy atom. The number of hydrogen-bond acceptors (Lipinski definition) is 7. The Balaban J connectivity index is 1.30. The number of alkyl halides is 3. The zero-order valence-electron chi connectivity index (χ0n) is 24.6. The van der Waals surface area contributed by atoms with Gasteiger partial charge < -0.3 is 25.4 Å². The van der Waals surface area contributed by atoms with Gasteiger partial charge in [0.05, 0.1) is 22.3 Å². The van der Waals surface area contributed by atoms with Crippen LogP contribution in [0.15, 0.2) is 59.1 Å². The summed E-state index contributed by atoms with van der Waals surface area (Å²) in [4.78, 5) is 46.3. The zero-order chi connectivity index (χ0) is 32.6. The van der Waals surface area contributed by atoms with Gasteiger partial charge in [-0.25, -0.2) is 9.78 Å². The van der Waals surface area contributed by atoms with Crippen LogP contribution in [-0.2, 0) is 20.6 Å². The normalized spacial score (nSPS) is 28.0. The predicted octanol–water partition coefficient (Wildman–Crippen LogP) is 6.39. The van der Waals surface area contributed by atoms with E-state index in [4.69, 9.17) is 4.74 Å². The summed E-state index contributed by atoms with van der Waals surface area (Å²) in [5.41, 5.74) is -1.45. The van der Waals surface area contributed by atoms with Crippen LogP contribution in [0.4, 0.5) is 18.9 Å². The van der Waals surface area contributed by atoms with Crippen LogP contribution in [0.1, 0.15) is 50.5 Å². The molecule has 0 radical (unpaired) electrons. The number of rotatable bonds is 5. The number of amides is 2. The summed E-state index contributed by atoms with van der Waals surface area (Å²) in [6.45, 7) is 0.0146. The van der Waals surface area contributed by atoms with Gasteiger partial charge in [0.2, 0.25) is 11.8 Å². The Kier molecular flexibility index (Phi) is 9.03. The van der Waals surface area contributed by atoms with E-state index in [1.54, 1.807) is 0 Å². The molecule has 6 rings (SSSR count). The number of carbonyl (C=O) groups excluding carboxylic acids is 2. The fraction of sp³-hybridized carbons (Fsp3) is 0.438. The molecule has 0 spiro atoms. The quantitative estimate of drug-likeness (QED) is 0.262. The Morgan fingerprint density at radius 3 is 2.78 bits per heavy atom. The molecule has 1 aliphatic carbocycles. The maximum atomic E-state index is 14.2. The standard InChI is InChI=1S/C32H32BrF3N4O5S/c33-20-11-12-23-26(14-20)46-30(38-23)45-22-15-25-27(41)39-31(29(43)44)16-19(31)7-4-2-1-3-5-10-24(28(42)40(25)17-22)37-21-9-6-8-18(13-21)32(34,35)36/h4,6-9,11-14,19,22,24-25,37H,1-3,5,10,15-17H2,(H,39,41)(H,43,44)/b7-4-/t19-,22+,24-,25-,31+/m0/s1. The van der Waals surface area contributed by atoms with Crippen molar-refractivity contribution in [1.29, 1.82) is 0 Å². The molecule has 3 N–H and O–H groups in total. The van der Waals surface area contributed by atoms with Crippen molar-refractivity contribution in [1.82, 2.24) is 15.2 Å². The lowest BCUT2D eigenvalue weighted by Gasteiger charge is -2.30. The molecular formula is C32H32BrF3N4O5S. The molecule has 9 nitrogen and oxygen atoms in total. The third-order valence-electron chi connectivity index (χ3n) is 8.75. The van der Waals surface area contributed by atoms with Crippen LogP contribution in [0, 0.1) is 5.92 Å². The molecule has 2 aromatic carbocycles. The number of aliphatic carboxylic acids is 1. The van der Waals surface area contributed by atoms with E-state index in [0.29, 0.717) is 24.5 Å². The van der Waals surface area contributed by atoms with Crippen molar-refractivity contribution in [2.45, 2.75) is 74.8 Å². The van der Waals surface area contributed by atoms with Crippen LogP contribution in [-0.4, -0.2) is 63.0 Å². The van der Waals surface area contributed by atoms with Crippen LogP contribution in [0.25, 0.3) is 10.2 Å². The summed E-state index contributed by atoms with van der Waals surface area (Å²) < 4.78 is 48.4. The van der Waals surface area contributed by atoms with Crippen molar-refractivity contribution < 1.29 is 37.4 Å². The molecule has 2 fully saturated rings. The van der Waals surface area contributed by atoms with Crippen LogP contribution in [0.5, 0.6) is 5.19 Å². The number of carbonyl (C=O) groups is 3. The molecule has 1 aromatic heterocycles. The number of hydrogen-bond donors (Lipinski definition) is 3. The van der Waals surface area contributed by atoms with E-state index in [9.17, 15) is 32.7 Å². The number of halogens is 4. The summed E-state index contributed by atoms with van der Waals surface area (Å²) in [5.74, 6) is -2.59. The largest absolute Gasteiger partial charge is 0.479 e. The molecular weight excluding hydrogens is 689 g/mol. The van der Waals surface area contributed by atoms with Gasteiger partial charge in [-0.15, -0.1) is 0 Å². The van der Waals surface area contributed by atoms with E-state index in [-0.39, 0.29) is 31.0 Å².